The third-order valence-electron chi connectivity index (χ3n) is 4.08. The summed E-state index contributed by atoms with van der Waals surface area (Å²) < 4.78 is 5.83. The van der Waals surface area contributed by atoms with Crippen LogP contribution in [0, 0.1) is 0 Å². The lowest BCUT2D eigenvalue weighted by Gasteiger charge is -2.25. The first-order valence-electron chi connectivity index (χ1n) is 9.17. The van der Waals surface area contributed by atoms with Crippen molar-refractivity contribution in [2.24, 2.45) is 0 Å². The number of benzene rings is 3. The predicted octanol–water partition coefficient (Wildman–Crippen LogP) is 6.09. The van der Waals surface area contributed by atoms with Gasteiger partial charge in [0, 0.05) is 18.8 Å². The lowest BCUT2D eigenvalue weighted by molar-refractivity contribution is 0.418. The first kappa shape index (κ1) is 18.9. The van der Waals surface area contributed by atoms with Gasteiger partial charge in [-0.1, -0.05) is 55.5 Å². The van der Waals surface area contributed by atoms with Crippen LogP contribution < -0.4 is 10.1 Å². The van der Waals surface area contributed by atoms with E-state index in [0.29, 0.717) is 0 Å². The quantitative estimate of drug-likeness (QED) is 0.505. The molecule has 0 bridgehead atoms. The minimum Gasteiger partial charge on any atom is -0.457 e. The van der Waals surface area contributed by atoms with Crippen LogP contribution in [-0.2, 0) is 6.54 Å². The van der Waals surface area contributed by atoms with Gasteiger partial charge in [0.2, 0.25) is 0 Å². The predicted molar refractivity (Wildman–Crippen MR) is 116 cm³/mol. The maximum absolute atomic E-state index is 5.83. The Labute approximate surface area is 166 Å². The molecule has 3 aromatic rings. The molecule has 0 radical (unpaired) electrons. The van der Waals surface area contributed by atoms with E-state index in [2.05, 4.69) is 41.4 Å². The van der Waals surface area contributed by atoms with Gasteiger partial charge in [0.05, 0.1) is 0 Å². The van der Waals surface area contributed by atoms with E-state index in [0.717, 1.165) is 41.8 Å². The molecule has 0 saturated heterocycles. The van der Waals surface area contributed by atoms with E-state index < -0.39 is 0 Å². The summed E-state index contributed by atoms with van der Waals surface area (Å²) in [5, 5.41) is 4.07. The first-order valence-corrected chi connectivity index (χ1v) is 9.58. The summed E-state index contributed by atoms with van der Waals surface area (Å²) in [7, 11) is 0. The molecule has 0 spiro atoms. The van der Waals surface area contributed by atoms with Crippen LogP contribution in [0.15, 0.2) is 84.9 Å². The Morgan fingerprint density at radius 3 is 2.07 bits per heavy atom. The minimum absolute atomic E-state index is 0.734. The number of hydrogen-bond donors (Lipinski definition) is 1. The molecule has 3 aromatic carbocycles. The highest BCUT2D eigenvalue weighted by molar-refractivity contribution is 7.80. The standard InChI is InChI=1S/C23H24N2OS/c1-2-17-25(18-19-9-5-3-6-10-19)23(27)24-20-13-15-22(16-14-20)26-21-11-7-4-8-12-21/h3-16H,2,17-18H2,1H3,(H,24,27). The zero-order chi connectivity index (χ0) is 18.9. The summed E-state index contributed by atoms with van der Waals surface area (Å²) in [6.45, 7) is 3.88. The molecule has 0 amide bonds. The van der Waals surface area contributed by atoms with Crippen molar-refractivity contribution < 1.29 is 4.74 Å². The largest absolute Gasteiger partial charge is 0.457 e. The smallest absolute Gasteiger partial charge is 0.173 e. The van der Waals surface area contributed by atoms with Crippen molar-refractivity contribution in [3.05, 3.63) is 90.5 Å². The van der Waals surface area contributed by atoms with E-state index in [1.165, 1.54) is 5.56 Å². The molecular formula is C23H24N2OS. The number of hydrogen-bond acceptors (Lipinski definition) is 2. The number of rotatable bonds is 7. The fraction of sp³-hybridized carbons (Fsp3) is 0.174. The third kappa shape index (κ3) is 5.83. The number of thiocarbonyl (C=S) groups is 1. The van der Waals surface area contributed by atoms with Crippen LogP contribution in [0.5, 0.6) is 11.5 Å². The maximum Gasteiger partial charge on any atom is 0.173 e. The Morgan fingerprint density at radius 1 is 0.852 bits per heavy atom. The Morgan fingerprint density at radius 2 is 1.44 bits per heavy atom. The molecule has 1 N–H and O–H groups in total. The molecule has 4 heteroatoms. The van der Waals surface area contributed by atoms with Crippen LogP contribution in [0.3, 0.4) is 0 Å². The van der Waals surface area contributed by atoms with E-state index in [4.69, 9.17) is 17.0 Å². The molecular weight excluding hydrogens is 352 g/mol. The van der Waals surface area contributed by atoms with Crippen LogP contribution >= 0.6 is 12.2 Å². The molecule has 0 unspecified atom stereocenters. The number of ether oxygens (including phenoxy) is 1. The molecule has 0 fully saturated rings. The van der Waals surface area contributed by atoms with Crippen LogP contribution in [0.4, 0.5) is 5.69 Å². The Bertz CT molecular complexity index is 835. The second-order valence-corrected chi connectivity index (χ2v) is 6.66. The topological polar surface area (TPSA) is 24.5 Å². The van der Waals surface area contributed by atoms with Gasteiger partial charge in [-0.05, 0) is 60.6 Å². The average Bonchev–Trinajstić information content (AvgIpc) is 2.71. The minimum atomic E-state index is 0.734. The second kappa shape index (κ2) is 9.74. The summed E-state index contributed by atoms with van der Waals surface area (Å²) in [5.74, 6) is 1.62. The molecule has 3 nitrogen and oxygen atoms in total. The molecule has 0 heterocycles. The van der Waals surface area contributed by atoms with E-state index in [9.17, 15) is 0 Å². The lowest BCUT2D eigenvalue weighted by Crippen LogP contribution is -2.34. The van der Waals surface area contributed by atoms with Crippen molar-refractivity contribution in [1.82, 2.24) is 4.90 Å². The van der Waals surface area contributed by atoms with Gasteiger partial charge in [-0.2, -0.15) is 0 Å². The van der Waals surface area contributed by atoms with Crippen LogP contribution in [-0.4, -0.2) is 16.6 Å². The molecule has 138 valence electrons. The van der Waals surface area contributed by atoms with Crippen molar-refractivity contribution in [3.63, 3.8) is 0 Å². The van der Waals surface area contributed by atoms with Gasteiger partial charge in [-0.3, -0.25) is 0 Å². The van der Waals surface area contributed by atoms with Gasteiger partial charge in [-0.15, -0.1) is 0 Å². The van der Waals surface area contributed by atoms with Crippen molar-refractivity contribution in [1.29, 1.82) is 0 Å². The zero-order valence-corrected chi connectivity index (χ0v) is 16.3. The number of nitrogens with zero attached hydrogens (tertiary/aromatic N) is 1. The van der Waals surface area contributed by atoms with E-state index >= 15 is 0 Å². The van der Waals surface area contributed by atoms with Gasteiger partial charge in [0.1, 0.15) is 11.5 Å². The summed E-state index contributed by atoms with van der Waals surface area (Å²) >= 11 is 5.64. The van der Waals surface area contributed by atoms with E-state index in [1.807, 2.05) is 60.7 Å². The monoisotopic (exact) mass is 376 g/mol. The molecule has 27 heavy (non-hydrogen) atoms. The first-order chi connectivity index (χ1) is 13.2. The van der Waals surface area contributed by atoms with Gasteiger partial charge in [0.15, 0.2) is 5.11 Å². The summed E-state index contributed by atoms with van der Waals surface area (Å²) in [6, 6.07) is 28.0. The number of para-hydroxylation sites is 1. The van der Waals surface area contributed by atoms with Crippen LogP contribution in [0.1, 0.15) is 18.9 Å². The van der Waals surface area contributed by atoms with Crippen molar-refractivity contribution in [2.75, 3.05) is 11.9 Å². The molecule has 0 saturated carbocycles. The van der Waals surface area contributed by atoms with Gasteiger partial charge < -0.3 is 15.0 Å². The molecule has 0 aromatic heterocycles. The maximum atomic E-state index is 5.83. The van der Waals surface area contributed by atoms with Gasteiger partial charge in [0.25, 0.3) is 0 Å². The highest BCUT2D eigenvalue weighted by atomic mass is 32.1. The fourth-order valence-corrected chi connectivity index (χ4v) is 3.03. The number of nitrogens with one attached hydrogen (secondary N) is 1. The molecule has 0 aliphatic heterocycles. The van der Waals surface area contributed by atoms with Crippen LogP contribution in [0.25, 0.3) is 0 Å². The van der Waals surface area contributed by atoms with Crippen LogP contribution in [0.2, 0.25) is 0 Å². The highest BCUT2D eigenvalue weighted by Crippen LogP contribution is 2.23. The third-order valence-corrected chi connectivity index (χ3v) is 4.44. The van der Waals surface area contributed by atoms with Crippen molar-refractivity contribution >= 4 is 23.0 Å². The Hall–Kier alpha value is -2.85. The van der Waals surface area contributed by atoms with E-state index in [1.54, 1.807) is 0 Å². The van der Waals surface area contributed by atoms with E-state index in [-0.39, 0.29) is 0 Å². The SMILES string of the molecule is CCCN(Cc1ccccc1)C(=S)Nc1ccc(Oc2ccccc2)cc1. The normalized spacial score (nSPS) is 10.3. The Kier molecular flexibility index (Phi) is 6.83. The van der Waals surface area contributed by atoms with Gasteiger partial charge >= 0.3 is 0 Å². The lowest BCUT2D eigenvalue weighted by atomic mass is 10.2. The summed E-state index contributed by atoms with van der Waals surface area (Å²) in [6.07, 6.45) is 1.04. The second-order valence-electron chi connectivity index (χ2n) is 6.28. The fourth-order valence-electron chi connectivity index (χ4n) is 2.76. The molecule has 0 atom stereocenters. The number of anilines is 1. The van der Waals surface area contributed by atoms with Gasteiger partial charge in [-0.25, -0.2) is 0 Å². The van der Waals surface area contributed by atoms with Crippen molar-refractivity contribution in [2.45, 2.75) is 19.9 Å². The highest BCUT2D eigenvalue weighted by Gasteiger charge is 2.10. The summed E-state index contributed by atoms with van der Waals surface area (Å²) in [5.41, 5.74) is 2.20. The summed E-state index contributed by atoms with van der Waals surface area (Å²) in [4.78, 5) is 2.19. The zero-order valence-electron chi connectivity index (χ0n) is 15.5. The average molecular weight is 377 g/mol. The molecule has 0 aliphatic carbocycles. The van der Waals surface area contributed by atoms with Crippen molar-refractivity contribution in [3.8, 4) is 11.5 Å². The Balaban J connectivity index is 1.61. The molecule has 3 rings (SSSR count). The molecule has 0 aliphatic rings.